The Morgan fingerprint density at radius 1 is 1.06 bits per heavy atom. The van der Waals surface area contributed by atoms with Crippen LogP contribution in [0.3, 0.4) is 0 Å². The second kappa shape index (κ2) is 9.09. The minimum Gasteiger partial charge on any atom is -0.449 e. The van der Waals surface area contributed by atoms with E-state index in [-0.39, 0.29) is 18.2 Å². The van der Waals surface area contributed by atoms with Crippen molar-refractivity contribution in [3.63, 3.8) is 0 Å². The van der Waals surface area contributed by atoms with Gasteiger partial charge in [0.25, 0.3) is 5.69 Å². The average Bonchev–Trinajstić information content (AvgIpc) is 3.11. The van der Waals surface area contributed by atoms with E-state index in [9.17, 15) is 14.9 Å². The lowest BCUT2D eigenvalue weighted by molar-refractivity contribution is -0.385. The third-order valence-corrected chi connectivity index (χ3v) is 5.04. The van der Waals surface area contributed by atoms with Gasteiger partial charge in [0.15, 0.2) is 0 Å². The normalized spacial score (nSPS) is 11.6. The van der Waals surface area contributed by atoms with E-state index in [2.05, 4.69) is 46.4 Å². The fourth-order valence-electron chi connectivity index (χ4n) is 3.60. The van der Waals surface area contributed by atoms with Crippen LogP contribution in [0.4, 0.5) is 10.5 Å². The van der Waals surface area contributed by atoms with Gasteiger partial charge in [0, 0.05) is 24.9 Å². The number of rotatable bonds is 5. The third kappa shape index (κ3) is 4.54. The molecule has 0 fully saturated rings. The molecule has 1 aliphatic carbocycles. The van der Waals surface area contributed by atoms with Gasteiger partial charge in [-0.2, -0.15) is 0 Å². The Labute approximate surface area is 179 Å². The first kappa shape index (κ1) is 20.1. The van der Waals surface area contributed by atoms with Crippen molar-refractivity contribution in [2.24, 2.45) is 0 Å². The van der Waals surface area contributed by atoms with E-state index in [0.717, 1.165) is 11.1 Å². The molecule has 7 heteroatoms. The number of nitrogens with zero attached hydrogens (tertiary/aromatic N) is 2. The summed E-state index contributed by atoms with van der Waals surface area (Å²) >= 11 is 0. The molecule has 0 radical (unpaired) electrons. The molecule has 0 saturated heterocycles. The molecule has 0 bridgehead atoms. The molecule has 0 atom stereocenters. The Kier molecular flexibility index (Phi) is 5.90. The zero-order chi connectivity index (χ0) is 21.6. The number of fused-ring (bicyclic) bond motifs is 3. The first-order valence-electron chi connectivity index (χ1n) is 9.81. The first-order valence-corrected chi connectivity index (χ1v) is 9.81. The molecule has 1 aromatic heterocycles. The zero-order valence-electron chi connectivity index (χ0n) is 16.6. The number of aromatic nitrogens is 1. The van der Waals surface area contributed by atoms with Crippen LogP contribution in [0.15, 0.2) is 66.9 Å². The molecule has 31 heavy (non-hydrogen) atoms. The van der Waals surface area contributed by atoms with Gasteiger partial charge in [-0.1, -0.05) is 54.5 Å². The standard InChI is InChI=1S/C24H19N3O4/c28-24(25-14-6-5-7-17-12-13-18(15-26-17)27(29)30)31-16-23-21-10-3-1-8-19(21)20-9-2-4-11-22(20)23/h1-4,8-13,15,23H,6,14,16H2,(H,25,28). The Hall–Kier alpha value is -4.18. The number of carbonyl (C=O) groups excluding carboxylic acids is 1. The van der Waals surface area contributed by atoms with Crippen molar-refractivity contribution in [3.05, 3.63) is 93.8 Å². The summed E-state index contributed by atoms with van der Waals surface area (Å²) in [5.74, 6) is 5.70. The summed E-state index contributed by atoms with van der Waals surface area (Å²) < 4.78 is 5.47. The molecule has 4 rings (SSSR count). The predicted octanol–water partition coefficient (Wildman–Crippen LogP) is 4.27. The molecule has 0 aliphatic heterocycles. The van der Waals surface area contributed by atoms with E-state index < -0.39 is 11.0 Å². The number of benzene rings is 2. The van der Waals surface area contributed by atoms with Crippen molar-refractivity contribution in [1.82, 2.24) is 10.3 Å². The molecule has 154 valence electrons. The van der Waals surface area contributed by atoms with Gasteiger partial charge in [0.05, 0.1) is 4.92 Å². The number of nitro groups is 1. The molecule has 1 amide bonds. The molecule has 7 nitrogen and oxygen atoms in total. The van der Waals surface area contributed by atoms with Crippen LogP contribution in [0.25, 0.3) is 11.1 Å². The van der Waals surface area contributed by atoms with Crippen molar-refractivity contribution in [2.75, 3.05) is 13.2 Å². The number of amides is 1. The Bertz CT molecular complexity index is 1130. The summed E-state index contributed by atoms with van der Waals surface area (Å²) in [6, 6.07) is 19.2. The number of hydrogen-bond acceptors (Lipinski definition) is 5. The second-order valence-electron chi connectivity index (χ2n) is 6.96. The van der Waals surface area contributed by atoms with E-state index >= 15 is 0 Å². The van der Waals surface area contributed by atoms with Gasteiger partial charge in [-0.25, -0.2) is 9.78 Å². The van der Waals surface area contributed by atoms with E-state index in [1.807, 2.05) is 24.3 Å². The second-order valence-corrected chi connectivity index (χ2v) is 6.96. The van der Waals surface area contributed by atoms with Gasteiger partial charge in [-0.15, -0.1) is 0 Å². The van der Waals surface area contributed by atoms with Crippen LogP contribution in [-0.2, 0) is 4.74 Å². The molecule has 0 saturated carbocycles. The SMILES string of the molecule is O=C(NCCC#Cc1ccc([N+](=O)[O-])cn1)OCC1c2ccccc2-c2ccccc21. The number of pyridine rings is 1. The smallest absolute Gasteiger partial charge is 0.407 e. The van der Waals surface area contributed by atoms with Crippen LogP contribution in [0, 0.1) is 22.0 Å². The molecule has 1 heterocycles. The molecule has 3 aromatic rings. The van der Waals surface area contributed by atoms with Gasteiger partial charge >= 0.3 is 6.09 Å². The number of alkyl carbamates (subject to hydrolysis) is 1. The van der Waals surface area contributed by atoms with E-state index in [4.69, 9.17) is 4.74 Å². The lowest BCUT2D eigenvalue weighted by Crippen LogP contribution is -2.26. The van der Waals surface area contributed by atoms with Gasteiger partial charge in [0.2, 0.25) is 0 Å². The van der Waals surface area contributed by atoms with Crippen molar-refractivity contribution in [1.29, 1.82) is 0 Å². The highest BCUT2D eigenvalue weighted by atomic mass is 16.6. The van der Waals surface area contributed by atoms with Crippen LogP contribution in [-0.4, -0.2) is 29.2 Å². The van der Waals surface area contributed by atoms with Crippen molar-refractivity contribution < 1.29 is 14.5 Å². The Morgan fingerprint density at radius 2 is 1.74 bits per heavy atom. The van der Waals surface area contributed by atoms with Crippen LogP contribution in [0.1, 0.15) is 29.2 Å². The summed E-state index contributed by atoms with van der Waals surface area (Å²) in [5.41, 5.74) is 5.05. The summed E-state index contributed by atoms with van der Waals surface area (Å²) in [5, 5.41) is 13.3. The number of nitrogens with one attached hydrogen (secondary N) is 1. The zero-order valence-corrected chi connectivity index (χ0v) is 16.6. The van der Waals surface area contributed by atoms with Crippen LogP contribution in [0.5, 0.6) is 0 Å². The maximum atomic E-state index is 12.1. The van der Waals surface area contributed by atoms with Gasteiger partial charge in [-0.3, -0.25) is 10.1 Å². The minimum absolute atomic E-state index is 0.0196. The number of ether oxygens (including phenoxy) is 1. The maximum Gasteiger partial charge on any atom is 0.407 e. The molecular weight excluding hydrogens is 394 g/mol. The van der Waals surface area contributed by atoms with Gasteiger partial charge in [0.1, 0.15) is 18.5 Å². The monoisotopic (exact) mass is 413 g/mol. The molecule has 1 N–H and O–H groups in total. The predicted molar refractivity (Wildman–Crippen MR) is 115 cm³/mol. The number of hydrogen-bond donors (Lipinski definition) is 1. The molecule has 0 unspecified atom stereocenters. The molecule has 0 spiro atoms. The molecule has 2 aromatic carbocycles. The highest BCUT2D eigenvalue weighted by molar-refractivity contribution is 5.79. The molecular formula is C24H19N3O4. The van der Waals surface area contributed by atoms with Crippen LogP contribution < -0.4 is 5.32 Å². The highest BCUT2D eigenvalue weighted by Gasteiger charge is 2.28. The molecule has 1 aliphatic rings. The fraction of sp³-hybridized carbons (Fsp3) is 0.167. The lowest BCUT2D eigenvalue weighted by Gasteiger charge is -2.14. The summed E-state index contributed by atoms with van der Waals surface area (Å²) in [7, 11) is 0. The van der Waals surface area contributed by atoms with Crippen molar-refractivity contribution >= 4 is 11.8 Å². The summed E-state index contributed by atoms with van der Waals surface area (Å²) in [6.07, 6.45) is 1.08. The van der Waals surface area contributed by atoms with Crippen LogP contribution in [0.2, 0.25) is 0 Å². The van der Waals surface area contributed by atoms with Gasteiger partial charge in [-0.05, 0) is 34.2 Å². The lowest BCUT2D eigenvalue weighted by atomic mass is 9.98. The Morgan fingerprint density at radius 3 is 2.35 bits per heavy atom. The van der Waals surface area contributed by atoms with Gasteiger partial charge < -0.3 is 10.1 Å². The topological polar surface area (TPSA) is 94.4 Å². The summed E-state index contributed by atoms with van der Waals surface area (Å²) in [4.78, 5) is 26.1. The van der Waals surface area contributed by atoms with Crippen molar-refractivity contribution in [2.45, 2.75) is 12.3 Å². The number of carbonyl (C=O) groups is 1. The van der Waals surface area contributed by atoms with Crippen molar-refractivity contribution in [3.8, 4) is 23.0 Å². The average molecular weight is 413 g/mol. The van der Waals surface area contributed by atoms with E-state index in [0.29, 0.717) is 18.7 Å². The Balaban J connectivity index is 1.27. The fourth-order valence-corrected chi connectivity index (χ4v) is 3.60. The first-order chi connectivity index (χ1) is 15.1. The van der Waals surface area contributed by atoms with E-state index in [1.165, 1.54) is 29.5 Å². The van der Waals surface area contributed by atoms with E-state index in [1.54, 1.807) is 0 Å². The largest absolute Gasteiger partial charge is 0.449 e. The quantitative estimate of drug-likeness (QED) is 0.292. The minimum atomic E-state index is -0.511. The summed E-state index contributed by atoms with van der Waals surface area (Å²) in [6.45, 7) is 0.592. The third-order valence-electron chi connectivity index (χ3n) is 5.04. The van der Waals surface area contributed by atoms with Crippen LogP contribution >= 0.6 is 0 Å². The maximum absolute atomic E-state index is 12.1. The highest BCUT2D eigenvalue weighted by Crippen LogP contribution is 2.44.